The molecule has 2 amide bonds. The Bertz CT molecular complexity index is 189. The van der Waals surface area contributed by atoms with Gasteiger partial charge in [0.1, 0.15) is 0 Å². The Morgan fingerprint density at radius 1 is 1.18 bits per heavy atom. The van der Waals surface area contributed by atoms with Crippen LogP contribution in [0.4, 0.5) is 4.79 Å². The van der Waals surface area contributed by atoms with E-state index >= 15 is 0 Å². The number of nitrogens with one attached hydrogen (secondary N) is 1. The lowest BCUT2D eigenvalue weighted by molar-refractivity contribution is 0.217. The van der Waals surface area contributed by atoms with Crippen LogP contribution >= 0.6 is 0 Å². The molecule has 104 valence electrons. The smallest absolute Gasteiger partial charge is 0.316 e. The first kappa shape index (κ1) is 18.6. The highest BCUT2D eigenvalue weighted by Crippen LogP contribution is 2.26. The van der Waals surface area contributed by atoms with Crippen LogP contribution < -0.4 is 5.32 Å². The van der Waals surface area contributed by atoms with Crippen LogP contribution in [0.1, 0.15) is 60.3 Å². The summed E-state index contributed by atoms with van der Waals surface area (Å²) >= 11 is 0. The molecule has 0 rings (SSSR count). The predicted octanol–water partition coefficient (Wildman–Crippen LogP) is 3.89. The first-order valence-corrected chi connectivity index (χ1v) is 6.84. The SMILES string of the molecule is CC.CCC(C)(C)CCCCNC(=O)N(C)C. The highest BCUT2D eigenvalue weighted by Gasteiger charge is 2.13. The van der Waals surface area contributed by atoms with Gasteiger partial charge in [-0.2, -0.15) is 0 Å². The average molecular weight is 244 g/mol. The van der Waals surface area contributed by atoms with E-state index in [2.05, 4.69) is 26.1 Å². The van der Waals surface area contributed by atoms with Gasteiger partial charge >= 0.3 is 6.03 Å². The second-order valence-electron chi connectivity index (χ2n) is 5.10. The molecule has 0 aliphatic heterocycles. The molecule has 0 unspecified atom stereocenters. The Hall–Kier alpha value is -0.730. The monoisotopic (exact) mass is 244 g/mol. The summed E-state index contributed by atoms with van der Waals surface area (Å²) in [6.07, 6.45) is 4.72. The summed E-state index contributed by atoms with van der Waals surface area (Å²) in [5, 5.41) is 2.87. The van der Waals surface area contributed by atoms with Crippen molar-refractivity contribution >= 4 is 6.03 Å². The molecule has 3 nitrogen and oxygen atoms in total. The van der Waals surface area contributed by atoms with Crippen molar-refractivity contribution in [1.82, 2.24) is 10.2 Å². The van der Waals surface area contributed by atoms with Gasteiger partial charge in [0.2, 0.25) is 0 Å². The number of hydrogen-bond donors (Lipinski definition) is 1. The van der Waals surface area contributed by atoms with Gasteiger partial charge in [-0.3, -0.25) is 0 Å². The van der Waals surface area contributed by atoms with Crippen molar-refractivity contribution < 1.29 is 4.79 Å². The number of carbonyl (C=O) groups is 1. The van der Waals surface area contributed by atoms with E-state index in [0.29, 0.717) is 5.41 Å². The van der Waals surface area contributed by atoms with Crippen molar-refractivity contribution in [2.75, 3.05) is 20.6 Å². The van der Waals surface area contributed by atoms with Gasteiger partial charge in [0.15, 0.2) is 0 Å². The molecule has 0 spiro atoms. The van der Waals surface area contributed by atoms with E-state index in [1.165, 1.54) is 19.3 Å². The molecule has 0 aromatic carbocycles. The molecular formula is C14H32N2O. The van der Waals surface area contributed by atoms with E-state index in [9.17, 15) is 4.79 Å². The summed E-state index contributed by atoms with van der Waals surface area (Å²) in [6.45, 7) is 11.6. The third-order valence-electron chi connectivity index (χ3n) is 2.92. The molecule has 0 fully saturated rings. The highest BCUT2D eigenvalue weighted by molar-refractivity contribution is 5.73. The number of hydrogen-bond acceptors (Lipinski definition) is 1. The van der Waals surface area contributed by atoms with Crippen molar-refractivity contribution in [2.24, 2.45) is 5.41 Å². The lowest BCUT2D eigenvalue weighted by Gasteiger charge is -2.22. The minimum atomic E-state index is 0.00440. The molecule has 3 heteroatoms. The van der Waals surface area contributed by atoms with Crippen LogP contribution in [0.5, 0.6) is 0 Å². The standard InChI is InChI=1S/C12H26N2O.C2H6/c1-6-12(2,3)9-7-8-10-13-11(15)14(4)5;1-2/h6-10H2,1-5H3,(H,13,15);1-2H3. The summed E-state index contributed by atoms with van der Waals surface area (Å²) in [7, 11) is 3.52. The van der Waals surface area contributed by atoms with E-state index in [4.69, 9.17) is 0 Å². The Morgan fingerprint density at radius 2 is 1.71 bits per heavy atom. The minimum Gasteiger partial charge on any atom is -0.338 e. The second-order valence-corrected chi connectivity index (χ2v) is 5.10. The molecule has 0 aliphatic carbocycles. The van der Waals surface area contributed by atoms with Gasteiger partial charge in [-0.15, -0.1) is 0 Å². The molecule has 1 N–H and O–H groups in total. The van der Waals surface area contributed by atoms with Crippen LogP contribution in [0.25, 0.3) is 0 Å². The number of unbranched alkanes of at least 4 members (excludes halogenated alkanes) is 1. The molecule has 0 aliphatic rings. The van der Waals surface area contributed by atoms with Crippen molar-refractivity contribution in [1.29, 1.82) is 0 Å². The minimum absolute atomic E-state index is 0.00440. The number of nitrogens with zero attached hydrogens (tertiary/aromatic N) is 1. The molecular weight excluding hydrogens is 212 g/mol. The zero-order chi connectivity index (χ0) is 13.9. The van der Waals surface area contributed by atoms with E-state index in [1.54, 1.807) is 19.0 Å². The van der Waals surface area contributed by atoms with Crippen LogP contribution in [0.15, 0.2) is 0 Å². The maximum Gasteiger partial charge on any atom is 0.316 e. The van der Waals surface area contributed by atoms with E-state index in [0.717, 1.165) is 13.0 Å². The average Bonchev–Trinajstić information content (AvgIpc) is 2.30. The maximum absolute atomic E-state index is 11.2. The third-order valence-corrected chi connectivity index (χ3v) is 2.92. The molecule has 0 atom stereocenters. The fraction of sp³-hybridized carbons (Fsp3) is 0.929. The van der Waals surface area contributed by atoms with Crippen molar-refractivity contribution in [3.8, 4) is 0 Å². The maximum atomic E-state index is 11.2. The Kier molecular flexibility index (Phi) is 11.4. The lowest BCUT2D eigenvalue weighted by Crippen LogP contribution is -2.35. The first-order valence-electron chi connectivity index (χ1n) is 6.84. The van der Waals surface area contributed by atoms with Gasteiger partial charge < -0.3 is 10.2 Å². The van der Waals surface area contributed by atoms with Gasteiger partial charge in [-0.25, -0.2) is 4.79 Å². The molecule has 0 aromatic rings. The number of rotatable bonds is 6. The molecule has 0 bridgehead atoms. The van der Waals surface area contributed by atoms with Gasteiger partial charge in [-0.05, 0) is 18.3 Å². The van der Waals surface area contributed by atoms with Gasteiger partial charge in [0.25, 0.3) is 0 Å². The summed E-state index contributed by atoms with van der Waals surface area (Å²) in [6, 6.07) is 0.00440. The summed E-state index contributed by atoms with van der Waals surface area (Å²) in [4.78, 5) is 12.7. The summed E-state index contributed by atoms with van der Waals surface area (Å²) in [5.74, 6) is 0. The first-order chi connectivity index (χ1) is 7.89. The molecule has 0 saturated carbocycles. The van der Waals surface area contributed by atoms with Crippen molar-refractivity contribution in [3.05, 3.63) is 0 Å². The van der Waals surface area contributed by atoms with E-state index in [-0.39, 0.29) is 6.03 Å². The lowest BCUT2D eigenvalue weighted by atomic mass is 9.85. The third kappa shape index (κ3) is 11.5. The van der Waals surface area contributed by atoms with Crippen molar-refractivity contribution in [3.63, 3.8) is 0 Å². The van der Waals surface area contributed by atoms with E-state index < -0.39 is 0 Å². The summed E-state index contributed by atoms with van der Waals surface area (Å²) < 4.78 is 0. The van der Waals surface area contributed by atoms with Crippen LogP contribution in [-0.2, 0) is 0 Å². The topological polar surface area (TPSA) is 32.3 Å². The van der Waals surface area contributed by atoms with E-state index in [1.807, 2.05) is 13.8 Å². The molecule has 0 aromatic heterocycles. The highest BCUT2D eigenvalue weighted by atomic mass is 16.2. The quantitative estimate of drug-likeness (QED) is 0.706. The van der Waals surface area contributed by atoms with Crippen LogP contribution in [0.2, 0.25) is 0 Å². The van der Waals surface area contributed by atoms with Gasteiger partial charge in [0.05, 0.1) is 0 Å². The second kappa shape index (κ2) is 10.4. The van der Waals surface area contributed by atoms with Gasteiger partial charge in [-0.1, -0.05) is 47.5 Å². The number of urea groups is 1. The summed E-state index contributed by atoms with van der Waals surface area (Å²) in [5.41, 5.74) is 0.450. The Labute approximate surface area is 108 Å². The number of amides is 2. The normalized spacial score (nSPS) is 10.3. The number of carbonyl (C=O) groups excluding carboxylic acids is 1. The van der Waals surface area contributed by atoms with Gasteiger partial charge in [0, 0.05) is 20.6 Å². The molecule has 0 heterocycles. The zero-order valence-electron chi connectivity index (χ0n) is 12.9. The fourth-order valence-corrected chi connectivity index (χ4v) is 1.26. The molecule has 17 heavy (non-hydrogen) atoms. The predicted molar refractivity (Wildman–Crippen MR) is 76.4 cm³/mol. The van der Waals surface area contributed by atoms with Crippen LogP contribution in [0.3, 0.4) is 0 Å². The van der Waals surface area contributed by atoms with Crippen molar-refractivity contribution in [2.45, 2.75) is 60.3 Å². The molecule has 0 saturated heterocycles. The largest absolute Gasteiger partial charge is 0.338 e. The molecule has 0 radical (unpaired) electrons. The zero-order valence-corrected chi connectivity index (χ0v) is 12.9. The van der Waals surface area contributed by atoms with Crippen LogP contribution in [0, 0.1) is 5.41 Å². The fourth-order valence-electron chi connectivity index (χ4n) is 1.26. The Balaban J connectivity index is 0. The van der Waals surface area contributed by atoms with Crippen LogP contribution in [-0.4, -0.2) is 31.6 Å². The Morgan fingerprint density at radius 3 is 2.12 bits per heavy atom.